The standard InChI is InChI=1S/C23H35N3O8/c1-17(24-19(22(28)29)13-12-18-9-4-2-5-10-18)21(27)25-14-8-11-20(25)23(30)33-15-6-3-7-16-34-26(31)32/h2,4-5,9-10,17,19-20,24,31-32H,3,6-8,11-16H2,1H3,(H,28,29). The fraction of sp³-hybridized carbons (Fsp3) is 0.609. The van der Waals surface area contributed by atoms with Gasteiger partial charge in [0.2, 0.25) is 5.91 Å². The Morgan fingerprint density at radius 3 is 2.53 bits per heavy atom. The first kappa shape index (κ1) is 27.7. The average molecular weight is 482 g/mol. The molecule has 1 amide bonds. The van der Waals surface area contributed by atoms with Crippen LogP contribution in [0.2, 0.25) is 0 Å². The third-order valence-corrected chi connectivity index (χ3v) is 5.73. The molecule has 4 N–H and O–H groups in total. The Labute approximate surface area is 199 Å². The van der Waals surface area contributed by atoms with Crippen LogP contribution in [0.5, 0.6) is 0 Å². The number of nitrogens with zero attached hydrogens (tertiary/aromatic N) is 2. The van der Waals surface area contributed by atoms with Crippen molar-refractivity contribution in [3.8, 4) is 0 Å². The van der Waals surface area contributed by atoms with Gasteiger partial charge in [0.25, 0.3) is 0 Å². The van der Waals surface area contributed by atoms with Crippen LogP contribution in [0.3, 0.4) is 0 Å². The highest BCUT2D eigenvalue weighted by molar-refractivity contribution is 5.88. The zero-order valence-electron chi connectivity index (χ0n) is 19.5. The van der Waals surface area contributed by atoms with Gasteiger partial charge in [-0.05, 0) is 57.4 Å². The molecule has 0 radical (unpaired) electrons. The molecule has 1 aliphatic heterocycles. The lowest BCUT2D eigenvalue weighted by atomic mass is 10.0. The van der Waals surface area contributed by atoms with E-state index in [1.165, 1.54) is 4.90 Å². The summed E-state index contributed by atoms with van der Waals surface area (Å²) >= 11 is 0. The second kappa shape index (κ2) is 14.6. The van der Waals surface area contributed by atoms with Gasteiger partial charge in [0.1, 0.15) is 12.1 Å². The number of ether oxygens (including phenoxy) is 1. The lowest BCUT2D eigenvalue weighted by Gasteiger charge is -2.28. The van der Waals surface area contributed by atoms with E-state index in [0.29, 0.717) is 51.5 Å². The molecule has 0 bridgehead atoms. The second-order valence-corrected chi connectivity index (χ2v) is 8.31. The van der Waals surface area contributed by atoms with Gasteiger partial charge in [-0.25, -0.2) is 4.79 Å². The molecule has 0 aliphatic carbocycles. The van der Waals surface area contributed by atoms with Crippen molar-refractivity contribution in [3.63, 3.8) is 0 Å². The van der Waals surface area contributed by atoms with Crippen LogP contribution in [-0.4, -0.2) is 81.5 Å². The van der Waals surface area contributed by atoms with Crippen molar-refractivity contribution in [1.82, 2.24) is 15.6 Å². The molecule has 3 atom stereocenters. The van der Waals surface area contributed by atoms with E-state index in [9.17, 15) is 19.5 Å². The number of aliphatic carboxylic acids is 1. The highest BCUT2D eigenvalue weighted by atomic mass is 17.1. The normalized spacial score (nSPS) is 17.5. The molecule has 34 heavy (non-hydrogen) atoms. The number of hydrogen-bond donors (Lipinski definition) is 4. The Morgan fingerprint density at radius 1 is 1.15 bits per heavy atom. The quantitative estimate of drug-likeness (QED) is 0.166. The van der Waals surface area contributed by atoms with Gasteiger partial charge in [-0.2, -0.15) is 0 Å². The average Bonchev–Trinajstić information content (AvgIpc) is 3.30. The van der Waals surface area contributed by atoms with Gasteiger partial charge in [0.05, 0.1) is 24.6 Å². The summed E-state index contributed by atoms with van der Waals surface area (Å²) in [5.74, 6) is -1.81. The Bertz CT molecular complexity index is 777. The first-order valence-electron chi connectivity index (χ1n) is 11.6. The van der Waals surface area contributed by atoms with Crippen LogP contribution in [0.4, 0.5) is 0 Å². The Balaban J connectivity index is 1.79. The molecule has 190 valence electrons. The van der Waals surface area contributed by atoms with E-state index in [1.54, 1.807) is 6.92 Å². The number of esters is 1. The first-order chi connectivity index (χ1) is 16.3. The Kier molecular flexibility index (Phi) is 11.9. The van der Waals surface area contributed by atoms with Crippen molar-refractivity contribution in [2.75, 3.05) is 19.8 Å². The van der Waals surface area contributed by atoms with Gasteiger partial charge >= 0.3 is 11.9 Å². The topological polar surface area (TPSA) is 149 Å². The van der Waals surface area contributed by atoms with E-state index in [2.05, 4.69) is 10.2 Å². The van der Waals surface area contributed by atoms with E-state index in [1.807, 2.05) is 30.3 Å². The number of carbonyl (C=O) groups is 3. The molecule has 0 aromatic heterocycles. The van der Waals surface area contributed by atoms with Gasteiger partial charge in [0.15, 0.2) is 0 Å². The van der Waals surface area contributed by atoms with Crippen molar-refractivity contribution < 1.29 is 39.5 Å². The molecule has 1 fully saturated rings. The summed E-state index contributed by atoms with van der Waals surface area (Å²) in [6.45, 7) is 2.35. The lowest BCUT2D eigenvalue weighted by molar-refractivity contribution is -0.492. The smallest absolute Gasteiger partial charge is 0.328 e. The number of likely N-dealkylation sites (tertiary alicyclic amines) is 1. The summed E-state index contributed by atoms with van der Waals surface area (Å²) in [6, 6.07) is 7.22. The van der Waals surface area contributed by atoms with Crippen LogP contribution >= 0.6 is 0 Å². The van der Waals surface area contributed by atoms with Crippen LogP contribution in [0.25, 0.3) is 0 Å². The molecule has 11 nitrogen and oxygen atoms in total. The fourth-order valence-electron chi connectivity index (χ4n) is 3.93. The van der Waals surface area contributed by atoms with Crippen LogP contribution < -0.4 is 5.32 Å². The van der Waals surface area contributed by atoms with Gasteiger partial charge < -0.3 is 14.7 Å². The maximum atomic E-state index is 13.0. The van der Waals surface area contributed by atoms with Crippen molar-refractivity contribution in [2.24, 2.45) is 0 Å². The van der Waals surface area contributed by atoms with E-state index in [4.69, 9.17) is 15.2 Å². The Morgan fingerprint density at radius 2 is 1.85 bits per heavy atom. The second-order valence-electron chi connectivity index (χ2n) is 8.31. The highest BCUT2D eigenvalue weighted by Crippen LogP contribution is 2.20. The molecule has 11 heteroatoms. The summed E-state index contributed by atoms with van der Waals surface area (Å²) < 4.78 is 5.32. The van der Waals surface area contributed by atoms with E-state index in [-0.39, 0.29) is 24.5 Å². The van der Waals surface area contributed by atoms with E-state index in [0.717, 1.165) is 5.56 Å². The van der Waals surface area contributed by atoms with Gasteiger partial charge in [-0.3, -0.25) is 30.2 Å². The zero-order chi connectivity index (χ0) is 24.9. The number of amides is 1. The van der Waals surface area contributed by atoms with E-state index < -0.39 is 30.1 Å². The molecule has 1 aromatic carbocycles. The number of carbonyl (C=O) groups excluding carboxylic acids is 2. The SMILES string of the molecule is CC(NC(CCc1ccccc1)C(=O)O)C(=O)N1CCCC1C(=O)OCCCCCON(O)O. The number of aryl methyl sites for hydroxylation is 1. The minimum absolute atomic E-state index is 0.124. The Hall–Kier alpha value is -2.57. The summed E-state index contributed by atoms with van der Waals surface area (Å²) in [6.07, 6.45) is 3.87. The molecule has 3 unspecified atom stereocenters. The molecule has 1 saturated heterocycles. The van der Waals surface area contributed by atoms with Gasteiger partial charge in [-0.1, -0.05) is 30.3 Å². The van der Waals surface area contributed by atoms with Crippen LogP contribution in [-0.2, 0) is 30.4 Å². The molecule has 1 aromatic rings. The predicted octanol–water partition coefficient (Wildman–Crippen LogP) is 1.77. The summed E-state index contributed by atoms with van der Waals surface area (Å²) in [4.78, 5) is 43.2. The number of rotatable bonds is 15. The molecule has 0 saturated carbocycles. The molecular weight excluding hydrogens is 446 g/mol. The van der Waals surface area contributed by atoms with Crippen molar-refractivity contribution in [3.05, 3.63) is 35.9 Å². The molecular formula is C23H35N3O8. The fourth-order valence-corrected chi connectivity index (χ4v) is 3.93. The summed E-state index contributed by atoms with van der Waals surface area (Å²) in [7, 11) is 0. The predicted molar refractivity (Wildman–Crippen MR) is 120 cm³/mol. The largest absolute Gasteiger partial charge is 0.480 e. The number of carboxylic acid groups (broad SMARTS) is 1. The van der Waals surface area contributed by atoms with Gasteiger partial charge in [-0.15, -0.1) is 0 Å². The molecule has 1 heterocycles. The minimum Gasteiger partial charge on any atom is -0.480 e. The third-order valence-electron chi connectivity index (χ3n) is 5.73. The number of hydrogen-bond acceptors (Lipinski definition) is 9. The molecule has 1 aliphatic rings. The maximum Gasteiger partial charge on any atom is 0.328 e. The summed E-state index contributed by atoms with van der Waals surface area (Å²) in [5, 5.41) is 29.0. The van der Waals surface area contributed by atoms with Crippen molar-refractivity contribution in [1.29, 1.82) is 0 Å². The zero-order valence-corrected chi connectivity index (χ0v) is 19.5. The number of unbranched alkanes of at least 4 members (excludes halogenated alkanes) is 2. The minimum atomic E-state index is -1.02. The third kappa shape index (κ3) is 9.35. The maximum absolute atomic E-state index is 13.0. The van der Waals surface area contributed by atoms with Crippen LogP contribution in [0.1, 0.15) is 51.0 Å². The first-order valence-corrected chi connectivity index (χ1v) is 11.6. The van der Waals surface area contributed by atoms with Crippen LogP contribution in [0, 0.1) is 0 Å². The molecule has 0 spiro atoms. The van der Waals surface area contributed by atoms with Crippen molar-refractivity contribution in [2.45, 2.75) is 70.0 Å². The highest BCUT2D eigenvalue weighted by Gasteiger charge is 2.37. The molecule has 2 rings (SSSR count). The number of carboxylic acids is 1. The van der Waals surface area contributed by atoms with Crippen molar-refractivity contribution >= 4 is 17.8 Å². The number of benzene rings is 1. The number of nitrogens with one attached hydrogen (secondary N) is 1. The monoisotopic (exact) mass is 481 g/mol. The van der Waals surface area contributed by atoms with E-state index >= 15 is 0 Å². The lowest BCUT2D eigenvalue weighted by Crippen LogP contribution is -2.53. The van der Waals surface area contributed by atoms with Gasteiger partial charge in [0, 0.05) is 6.54 Å². The summed E-state index contributed by atoms with van der Waals surface area (Å²) in [5.41, 5.74) is 1.02. The van der Waals surface area contributed by atoms with Crippen LogP contribution in [0.15, 0.2) is 30.3 Å².